The third kappa shape index (κ3) is 1.34. The van der Waals surface area contributed by atoms with E-state index in [-0.39, 0.29) is 0 Å². The molecule has 0 aromatic rings. The molecular weight excluding hydrogens is 124 g/mol. The first-order chi connectivity index (χ1) is 4.79. The quantitative estimate of drug-likeness (QED) is 0.505. The van der Waals surface area contributed by atoms with Gasteiger partial charge in [-0.05, 0) is 32.6 Å². The van der Waals surface area contributed by atoms with E-state index in [4.69, 9.17) is 4.74 Å². The molecule has 0 amide bonds. The van der Waals surface area contributed by atoms with Crippen molar-refractivity contribution in [3.8, 4) is 0 Å². The number of hydrogen-bond donors (Lipinski definition) is 0. The van der Waals surface area contributed by atoms with Crippen LogP contribution in [-0.4, -0.2) is 11.7 Å². The zero-order chi connectivity index (χ0) is 7.61. The van der Waals surface area contributed by atoms with Crippen molar-refractivity contribution < 1.29 is 4.74 Å². The standard InChI is InChI=1S/C7H12O.C2H6/c1-7-4-2-6(8-7)3-5-7;1-2/h6H,2-5H2,1H3;1-2H3. The molecule has 0 N–H and O–H groups in total. The van der Waals surface area contributed by atoms with Gasteiger partial charge in [-0.15, -0.1) is 0 Å². The Labute approximate surface area is 63.8 Å². The van der Waals surface area contributed by atoms with E-state index in [0.717, 1.165) is 0 Å². The smallest absolute Gasteiger partial charge is 0.0660 e. The molecule has 0 aromatic carbocycles. The van der Waals surface area contributed by atoms with Crippen molar-refractivity contribution in [2.45, 2.75) is 58.2 Å². The van der Waals surface area contributed by atoms with E-state index in [9.17, 15) is 0 Å². The first-order valence-electron chi connectivity index (χ1n) is 4.46. The van der Waals surface area contributed by atoms with Crippen LogP contribution in [0.1, 0.15) is 46.5 Å². The highest BCUT2D eigenvalue weighted by Gasteiger charge is 2.41. The molecule has 10 heavy (non-hydrogen) atoms. The predicted molar refractivity (Wildman–Crippen MR) is 43.1 cm³/mol. The van der Waals surface area contributed by atoms with Gasteiger partial charge in [0.2, 0.25) is 0 Å². The Morgan fingerprint density at radius 1 is 1.20 bits per heavy atom. The highest BCUT2D eigenvalue weighted by Crippen LogP contribution is 2.42. The van der Waals surface area contributed by atoms with Gasteiger partial charge in [0.05, 0.1) is 11.7 Å². The summed E-state index contributed by atoms with van der Waals surface area (Å²) in [4.78, 5) is 0. The molecule has 2 bridgehead atoms. The first-order valence-corrected chi connectivity index (χ1v) is 4.46. The Morgan fingerprint density at radius 2 is 1.70 bits per heavy atom. The van der Waals surface area contributed by atoms with E-state index in [1.807, 2.05) is 13.8 Å². The van der Waals surface area contributed by atoms with Crippen molar-refractivity contribution in [3.63, 3.8) is 0 Å². The Hall–Kier alpha value is -0.0400. The molecule has 1 heteroatoms. The van der Waals surface area contributed by atoms with Crippen LogP contribution >= 0.6 is 0 Å². The summed E-state index contributed by atoms with van der Waals surface area (Å²) in [5, 5.41) is 0. The lowest BCUT2D eigenvalue weighted by molar-refractivity contribution is 0.0284. The van der Waals surface area contributed by atoms with Crippen molar-refractivity contribution in [1.82, 2.24) is 0 Å². The van der Waals surface area contributed by atoms with Gasteiger partial charge in [-0.25, -0.2) is 0 Å². The Kier molecular flexibility index (Phi) is 2.35. The summed E-state index contributed by atoms with van der Waals surface area (Å²) in [7, 11) is 0. The molecule has 60 valence electrons. The number of ether oxygens (including phenoxy) is 1. The summed E-state index contributed by atoms with van der Waals surface area (Å²) in [5.41, 5.74) is 0.310. The molecular formula is C9H18O. The highest BCUT2D eigenvalue weighted by molar-refractivity contribution is 4.92. The third-order valence-corrected chi connectivity index (χ3v) is 2.44. The van der Waals surface area contributed by atoms with Crippen molar-refractivity contribution in [1.29, 1.82) is 0 Å². The van der Waals surface area contributed by atoms with Gasteiger partial charge in [-0.3, -0.25) is 0 Å². The van der Waals surface area contributed by atoms with Gasteiger partial charge >= 0.3 is 0 Å². The van der Waals surface area contributed by atoms with Crippen LogP contribution in [-0.2, 0) is 4.74 Å². The molecule has 0 unspecified atom stereocenters. The molecule has 2 rings (SSSR count). The summed E-state index contributed by atoms with van der Waals surface area (Å²) in [6.45, 7) is 6.24. The van der Waals surface area contributed by atoms with Crippen molar-refractivity contribution in [2.24, 2.45) is 0 Å². The minimum absolute atomic E-state index is 0.310. The van der Waals surface area contributed by atoms with E-state index in [1.54, 1.807) is 0 Å². The van der Waals surface area contributed by atoms with Crippen LogP contribution in [0, 0.1) is 0 Å². The van der Waals surface area contributed by atoms with Gasteiger partial charge in [-0.1, -0.05) is 13.8 Å². The maximum absolute atomic E-state index is 5.66. The van der Waals surface area contributed by atoms with Gasteiger partial charge in [0.1, 0.15) is 0 Å². The minimum Gasteiger partial charge on any atom is -0.372 e. The van der Waals surface area contributed by atoms with Gasteiger partial charge < -0.3 is 4.74 Å². The maximum Gasteiger partial charge on any atom is 0.0660 e. The van der Waals surface area contributed by atoms with Crippen LogP contribution in [0.2, 0.25) is 0 Å². The Balaban J connectivity index is 0.000000231. The minimum atomic E-state index is 0.310. The molecule has 1 nitrogen and oxygen atoms in total. The molecule has 0 saturated carbocycles. The van der Waals surface area contributed by atoms with Crippen LogP contribution in [0.25, 0.3) is 0 Å². The average molecular weight is 142 g/mol. The van der Waals surface area contributed by atoms with Crippen molar-refractivity contribution in [3.05, 3.63) is 0 Å². The third-order valence-electron chi connectivity index (χ3n) is 2.44. The Morgan fingerprint density at radius 3 is 1.80 bits per heavy atom. The second-order valence-corrected chi connectivity index (χ2v) is 3.27. The molecule has 0 spiro atoms. The Bertz CT molecular complexity index is 101. The molecule has 2 aliphatic rings. The fraction of sp³-hybridized carbons (Fsp3) is 1.00. The van der Waals surface area contributed by atoms with Crippen molar-refractivity contribution in [2.75, 3.05) is 0 Å². The zero-order valence-corrected chi connectivity index (χ0v) is 7.31. The molecule has 0 aliphatic carbocycles. The van der Waals surface area contributed by atoms with Crippen LogP contribution in [0.15, 0.2) is 0 Å². The average Bonchev–Trinajstić information content (AvgIpc) is 2.49. The zero-order valence-electron chi connectivity index (χ0n) is 7.31. The number of hydrogen-bond acceptors (Lipinski definition) is 1. The van der Waals surface area contributed by atoms with Crippen LogP contribution in [0.5, 0.6) is 0 Å². The lowest BCUT2D eigenvalue weighted by atomic mass is 9.91. The summed E-state index contributed by atoms with van der Waals surface area (Å²) in [5.74, 6) is 0. The van der Waals surface area contributed by atoms with Gasteiger partial charge in [0.15, 0.2) is 0 Å². The summed E-state index contributed by atoms with van der Waals surface area (Å²) >= 11 is 0. The summed E-state index contributed by atoms with van der Waals surface area (Å²) in [6, 6.07) is 0. The maximum atomic E-state index is 5.66. The first kappa shape index (κ1) is 8.06. The molecule has 2 aliphatic heterocycles. The highest BCUT2D eigenvalue weighted by atomic mass is 16.5. The molecule has 0 radical (unpaired) electrons. The van der Waals surface area contributed by atoms with Gasteiger partial charge in [-0.2, -0.15) is 0 Å². The van der Waals surface area contributed by atoms with E-state index >= 15 is 0 Å². The van der Waals surface area contributed by atoms with Crippen LogP contribution < -0.4 is 0 Å². The summed E-state index contributed by atoms with van der Waals surface area (Å²) < 4.78 is 5.66. The molecule has 0 atom stereocenters. The number of rotatable bonds is 0. The van der Waals surface area contributed by atoms with E-state index in [0.29, 0.717) is 11.7 Å². The lowest BCUT2D eigenvalue weighted by Gasteiger charge is -2.16. The topological polar surface area (TPSA) is 9.23 Å². The SMILES string of the molecule is CC.CC12CCC(CC1)O2. The molecule has 0 aromatic heterocycles. The fourth-order valence-electron chi connectivity index (χ4n) is 1.84. The fourth-order valence-corrected chi connectivity index (χ4v) is 1.84. The second kappa shape index (κ2) is 2.91. The van der Waals surface area contributed by atoms with E-state index in [2.05, 4.69) is 6.92 Å². The molecule has 2 saturated heterocycles. The summed E-state index contributed by atoms with van der Waals surface area (Å²) in [6.07, 6.45) is 5.88. The van der Waals surface area contributed by atoms with Gasteiger partial charge in [0.25, 0.3) is 0 Å². The van der Waals surface area contributed by atoms with Crippen LogP contribution in [0.4, 0.5) is 0 Å². The van der Waals surface area contributed by atoms with Gasteiger partial charge in [0, 0.05) is 0 Å². The van der Waals surface area contributed by atoms with Crippen molar-refractivity contribution >= 4 is 0 Å². The van der Waals surface area contributed by atoms with Crippen LogP contribution in [0.3, 0.4) is 0 Å². The number of fused-ring (bicyclic) bond motifs is 2. The predicted octanol–water partition coefficient (Wildman–Crippen LogP) is 2.74. The largest absolute Gasteiger partial charge is 0.372 e. The van der Waals surface area contributed by atoms with E-state index < -0.39 is 0 Å². The second-order valence-electron chi connectivity index (χ2n) is 3.27. The molecule has 2 fully saturated rings. The monoisotopic (exact) mass is 142 g/mol. The van der Waals surface area contributed by atoms with E-state index in [1.165, 1.54) is 25.7 Å². The lowest BCUT2D eigenvalue weighted by Crippen LogP contribution is -2.17. The normalized spacial score (nSPS) is 42.9. The molecule has 2 heterocycles.